The van der Waals surface area contributed by atoms with Crippen molar-refractivity contribution in [1.82, 2.24) is 15.2 Å². The molecular formula is C30H30N4O2. The van der Waals surface area contributed by atoms with Crippen LogP contribution in [-0.2, 0) is 6.42 Å². The first-order valence-corrected chi connectivity index (χ1v) is 12.5. The Kier molecular flexibility index (Phi) is 7.22. The number of hydrogen-bond donors (Lipinski definition) is 1. The maximum Gasteiger partial charge on any atom is 0.269 e. The van der Waals surface area contributed by atoms with Crippen LogP contribution in [0.15, 0.2) is 91.1 Å². The van der Waals surface area contributed by atoms with Crippen molar-refractivity contribution in [2.24, 2.45) is 0 Å². The van der Waals surface area contributed by atoms with E-state index < -0.39 is 0 Å². The van der Waals surface area contributed by atoms with Crippen molar-refractivity contribution in [1.29, 1.82) is 0 Å². The predicted molar refractivity (Wildman–Crippen MR) is 143 cm³/mol. The molecule has 1 N–H and O–H groups in total. The number of fused-ring (bicyclic) bond motifs is 1. The molecule has 1 aliphatic heterocycles. The zero-order valence-corrected chi connectivity index (χ0v) is 20.3. The first-order valence-electron chi connectivity index (χ1n) is 12.5. The fourth-order valence-electron chi connectivity index (χ4n) is 4.69. The lowest BCUT2D eigenvalue weighted by Crippen LogP contribution is -2.48. The summed E-state index contributed by atoms with van der Waals surface area (Å²) in [6, 6.07) is 27.9. The van der Waals surface area contributed by atoms with E-state index in [1.807, 2.05) is 71.6 Å². The highest BCUT2D eigenvalue weighted by molar-refractivity contribution is 6.07. The number of aryl methyl sites for hydroxylation is 1. The highest BCUT2D eigenvalue weighted by atomic mass is 16.2. The van der Waals surface area contributed by atoms with Gasteiger partial charge >= 0.3 is 0 Å². The number of nitrogens with one attached hydrogen (secondary N) is 1. The molecular weight excluding hydrogens is 448 g/mol. The topological polar surface area (TPSA) is 65.5 Å². The molecule has 6 nitrogen and oxygen atoms in total. The molecule has 1 saturated heterocycles. The van der Waals surface area contributed by atoms with Crippen molar-refractivity contribution in [2.45, 2.75) is 12.8 Å². The summed E-state index contributed by atoms with van der Waals surface area (Å²) in [6.07, 6.45) is 3.57. The molecule has 0 radical (unpaired) electrons. The molecule has 3 aromatic carbocycles. The van der Waals surface area contributed by atoms with Gasteiger partial charge in [0.2, 0.25) is 0 Å². The number of pyridine rings is 1. The van der Waals surface area contributed by atoms with Gasteiger partial charge in [0, 0.05) is 38.3 Å². The van der Waals surface area contributed by atoms with Crippen LogP contribution in [0.25, 0.3) is 10.8 Å². The SMILES string of the molecule is O=C(NCCCc1ccccc1)c1ccc(N2CCN(C(=O)c3cccc4ccccc34)CC2)cn1. The van der Waals surface area contributed by atoms with Crippen molar-refractivity contribution in [3.63, 3.8) is 0 Å². The summed E-state index contributed by atoms with van der Waals surface area (Å²) >= 11 is 0. The zero-order valence-electron chi connectivity index (χ0n) is 20.3. The van der Waals surface area contributed by atoms with Gasteiger partial charge in [-0.1, -0.05) is 66.7 Å². The molecule has 0 aliphatic carbocycles. The van der Waals surface area contributed by atoms with Gasteiger partial charge in [-0.3, -0.25) is 9.59 Å². The Morgan fingerprint density at radius 1 is 0.806 bits per heavy atom. The molecule has 1 aliphatic rings. The van der Waals surface area contributed by atoms with Crippen LogP contribution in [0.2, 0.25) is 0 Å². The summed E-state index contributed by atoms with van der Waals surface area (Å²) in [5, 5.41) is 5.02. The van der Waals surface area contributed by atoms with Gasteiger partial charge < -0.3 is 15.1 Å². The number of piperazine rings is 1. The van der Waals surface area contributed by atoms with Crippen molar-refractivity contribution >= 4 is 28.3 Å². The van der Waals surface area contributed by atoms with E-state index in [-0.39, 0.29) is 11.8 Å². The molecule has 36 heavy (non-hydrogen) atoms. The molecule has 0 spiro atoms. The third-order valence-electron chi connectivity index (χ3n) is 6.70. The van der Waals surface area contributed by atoms with Crippen LogP contribution in [-0.4, -0.2) is 54.4 Å². The number of nitrogens with zero attached hydrogens (tertiary/aromatic N) is 3. The van der Waals surface area contributed by atoms with E-state index in [0.29, 0.717) is 25.3 Å². The lowest BCUT2D eigenvalue weighted by Gasteiger charge is -2.36. The van der Waals surface area contributed by atoms with Gasteiger partial charge in [0.25, 0.3) is 11.8 Å². The largest absolute Gasteiger partial charge is 0.367 e. The van der Waals surface area contributed by atoms with Crippen molar-refractivity contribution in [2.75, 3.05) is 37.6 Å². The van der Waals surface area contributed by atoms with Gasteiger partial charge in [0.05, 0.1) is 11.9 Å². The average Bonchev–Trinajstić information content (AvgIpc) is 2.95. The standard InChI is InChI=1S/C30H30N4O2/c35-29(31-17-7-10-23-8-2-1-3-9-23)28-16-15-25(22-32-28)33-18-20-34(21-19-33)30(36)27-14-6-12-24-11-4-5-13-26(24)27/h1-6,8-9,11-16,22H,7,10,17-21H2,(H,31,35). The number of carbonyl (C=O) groups excluding carboxylic acids is 2. The van der Waals surface area contributed by atoms with E-state index in [1.54, 1.807) is 12.3 Å². The Morgan fingerprint density at radius 2 is 1.56 bits per heavy atom. The minimum atomic E-state index is -0.153. The van der Waals surface area contributed by atoms with Crippen molar-refractivity contribution < 1.29 is 9.59 Å². The smallest absolute Gasteiger partial charge is 0.269 e. The summed E-state index contributed by atoms with van der Waals surface area (Å²) in [5.74, 6) is -0.0797. The minimum Gasteiger partial charge on any atom is -0.367 e. The first-order chi connectivity index (χ1) is 17.7. The molecule has 0 saturated carbocycles. The summed E-state index contributed by atoms with van der Waals surface area (Å²) in [4.78, 5) is 34.2. The Balaban J connectivity index is 1.12. The number of rotatable bonds is 7. The fourth-order valence-corrected chi connectivity index (χ4v) is 4.69. The molecule has 1 fully saturated rings. The van der Waals surface area contributed by atoms with E-state index >= 15 is 0 Å². The second-order valence-corrected chi connectivity index (χ2v) is 9.05. The molecule has 2 amide bonds. The summed E-state index contributed by atoms with van der Waals surface area (Å²) in [5.41, 5.74) is 3.41. The Labute approximate surface area is 211 Å². The lowest BCUT2D eigenvalue weighted by molar-refractivity contribution is 0.0748. The number of carbonyl (C=O) groups is 2. The molecule has 0 bridgehead atoms. The third kappa shape index (κ3) is 5.38. The summed E-state index contributed by atoms with van der Waals surface area (Å²) in [6.45, 7) is 3.35. The molecule has 0 atom stereocenters. The summed E-state index contributed by atoms with van der Waals surface area (Å²) < 4.78 is 0. The summed E-state index contributed by atoms with van der Waals surface area (Å²) in [7, 11) is 0. The Hall–Kier alpha value is -4.19. The molecule has 2 heterocycles. The third-order valence-corrected chi connectivity index (χ3v) is 6.70. The number of amides is 2. The molecule has 6 heteroatoms. The van der Waals surface area contributed by atoms with Gasteiger partial charge in [-0.05, 0) is 47.4 Å². The highest BCUT2D eigenvalue weighted by Crippen LogP contribution is 2.22. The maximum absolute atomic E-state index is 13.2. The van der Waals surface area contributed by atoms with Crippen LogP contribution in [0, 0.1) is 0 Å². The van der Waals surface area contributed by atoms with Crippen LogP contribution >= 0.6 is 0 Å². The maximum atomic E-state index is 13.2. The Morgan fingerprint density at radius 3 is 2.33 bits per heavy atom. The monoisotopic (exact) mass is 478 g/mol. The minimum absolute atomic E-state index is 0.0730. The predicted octanol–water partition coefficient (Wildman–Crippen LogP) is 4.56. The van der Waals surface area contributed by atoms with Crippen LogP contribution in [0.3, 0.4) is 0 Å². The van der Waals surface area contributed by atoms with E-state index in [0.717, 1.165) is 48.0 Å². The molecule has 182 valence electrons. The van der Waals surface area contributed by atoms with Gasteiger partial charge in [-0.2, -0.15) is 0 Å². The zero-order chi connectivity index (χ0) is 24.7. The van der Waals surface area contributed by atoms with Crippen LogP contribution in [0.5, 0.6) is 0 Å². The molecule has 1 aromatic heterocycles. The number of benzene rings is 3. The van der Waals surface area contributed by atoms with Gasteiger partial charge in [-0.15, -0.1) is 0 Å². The Bertz CT molecular complexity index is 1320. The van der Waals surface area contributed by atoms with E-state index in [4.69, 9.17) is 0 Å². The van der Waals surface area contributed by atoms with E-state index in [9.17, 15) is 9.59 Å². The highest BCUT2D eigenvalue weighted by Gasteiger charge is 2.23. The van der Waals surface area contributed by atoms with Gasteiger partial charge in [0.1, 0.15) is 5.69 Å². The number of anilines is 1. The van der Waals surface area contributed by atoms with E-state index in [1.165, 1.54) is 5.56 Å². The van der Waals surface area contributed by atoms with Gasteiger partial charge in [0.15, 0.2) is 0 Å². The second kappa shape index (κ2) is 11.0. The first kappa shape index (κ1) is 23.5. The van der Waals surface area contributed by atoms with Crippen molar-refractivity contribution in [3.05, 3.63) is 108 Å². The second-order valence-electron chi connectivity index (χ2n) is 9.05. The quantitative estimate of drug-likeness (QED) is 0.396. The normalized spacial score (nSPS) is 13.6. The molecule has 0 unspecified atom stereocenters. The van der Waals surface area contributed by atoms with Crippen LogP contribution in [0.1, 0.15) is 32.8 Å². The number of hydrogen-bond acceptors (Lipinski definition) is 4. The number of aromatic nitrogens is 1. The molecule has 5 rings (SSSR count). The molecule has 4 aromatic rings. The van der Waals surface area contributed by atoms with Crippen LogP contribution in [0.4, 0.5) is 5.69 Å². The van der Waals surface area contributed by atoms with Crippen LogP contribution < -0.4 is 10.2 Å². The fraction of sp³-hybridized carbons (Fsp3) is 0.233. The van der Waals surface area contributed by atoms with E-state index in [2.05, 4.69) is 27.3 Å². The average molecular weight is 479 g/mol. The van der Waals surface area contributed by atoms with Gasteiger partial charge in [-0.25, -0.2) is 4.98 Å². The van der Waals surface area contributed by atoms with Crippen molar-refractivity contribution in [3.8, 4) is 0 Å². The lowest BCUT2D eigenvalue weighted by atomic mass is 10.0.